The summed E-state index contributed by atoms with van der Waals surface area (Å²) in [6.07, 6.45) is 1.68. The molecule has 0 unspecified atom stereocenters. The Bertz CT molecular complexity index is 891. The molecule has 1 fully saturated rings. The highest BCUT2D eigenvalue weighted by Crippen LogP contribution is 2.45. The van der Waals surface area contributed by atoms with Gasteiger partial charge in [0, 0.05) is 17.2 Å². The van der Waals surface area contributed by atoms with Crippen molar-refractivity contribution in [1.82, 2.24) is 15.0 Å². The molecule has 1 amide bonds. The van der Waals surface area contributed by atoms with Gasteiger partial charge in [-0.05, 0) is 23.3 Å². The van der Waals surface area contributed by atoms with Gasteiger partial charge in [0.15, 0.2) is 5.69 Å². The molecule has 2 heterocycles. The number of hydrogen-bond acceptors (Lipinski definition) is 5. The fourth-order valence-electron chi connectivity index (χ4n) is 2.76. The van der Waals surface area contributed by atoms with Gasteiger partial charge in [-0.25, -0.2) is 4.68 Å². The van der Waals surface area contributed by atoms with E-state index >= 15 is 0 Å². The van der Waals surface area contributed by atoms with Crippen LogP contribution in [0, 0.1) is 0 Å². The van der Waals surface area contributed by atoms with Crippen molar-refractivity contribution >= 4 is 35.1 Å². The highest BCUT2D eigenvalue weighted by molar-refractivity contribution is 8.19. The predicted octanol–water partition coefficient (Wildman–Crippen LogP) is 4.06. The minimum atomic E-state index is -0.242. The van der Waals surface area contributed by atoms with Gasteiger partial charge in [0.05, 0.1) is 17.3 Å². The van der Waals surface area contributed by atoms with Crippen LogP contribution < -0.4 is 5.32 Å². The summed E-state index contributed by atoms with van der Waals surface area (Å²) in [5.41, 5.74) is 3.46. The summed E-state index contributed by atoms with van der Waals surface area (Å²) in [5, 5.41) is 11.0. The van der Waals surface area contributed by atoms with Crippen molar-refractivity contribution in [3.05, 3.63) is 77.6 Å². The number of carbonyl (C=O) groups excluding carboxylic acids is 1. The fraction of sp³-hybridized carbons (Fsp3) is 0.211. The van der Waals surface area contributed by atoms with Crippen LogP contribution in [0.5, 0.6) is 0 Å². The van der Waals surface area contributed by atoms with E-state index in [9.17, 15) is 4.79 Å². The third-order valence-electron chi connectivity index (χ3n) is 4.00. The van der Waals surface area contributed by atoms with Crippen LogP contribution in [0.3, 0.4) is 0 Å². The summed E-state index contributed by atoms with van der Waals surface area (Å²) in [5.74, 6) is 2.11. The number of aromatic nitrogens is 3. The summed E-state index contributed by atoms with van der Waals surface area (Å²) in [7, 11) is 0. The molecule has 5 nitrogen and oxygen atoms in total. The zero-order chi connectivity index (χ0) is 17.8. The van der Waals surface area contributed by atoms with E-state index in [1.54, 1.807) is 10.9 Å². The fourth-order valence-corrected chi connectivity index (χ4v) is 5.60. The van der Waals surface area contributed by atoms with E-state index in [0.717, 1.165) is 11.3 Å². The van der Waals surface area contributed by atoms with Gasteiger partial charge in [-0.3, -0.25) is 4.79 Å². The molecule has 0 saturated carbocycles. The Kier molecular flexibility index (Phi) is 5.26. The average Bonchev–Trinajstić information content (AvgIpc) is 3.35. The van der Waals surface area contributed by atoms with Crippen molar-refractivity contribution in [1.29, 1.82) is 0 Å². The SMILES string of the molecule is O=C(Nc1cccc(C2SCCS2)c1)c1cn(Cc2ccccc2)nn1. The van der Waals surface area contributed by atoms with Gasteiger partial charge in [0.25, 0.3) is 5.91 Å². The Labute approximate surface area is 160 Å². The van der Waals surface area contributed by atoms with Crippen LogP contribution in [0.2, 0.25) is 0 Å². The second kappa shape index (κ2) is 7.97. The minimum absolute atomic E-state index is 0.242. The quantitative estimate of drug-likeness (QED) is 0.721. The van der Waals surface area contributed by atoms with Crippen LogP contribution in [-0.4, -0.2) is 32.4 Å². The maximum absolute atomic E-state index is 12.5. The normalized spacial score (nSPS) is 14.5. The average molecular weight is 383 g/mol. The molecule has 0 bridgehead atoms. The number of anilines is 1. The molecule has 1 aromatic heterocycles. The molecule has 1 N–H and O–H groups in total. The highest BCUT2D eigenvalue weighted by atomic mass is 32.2. The standard InChI is InChI=1S/C19H18N4OS2/c24-18(17-13-23(22-21-17)12-14-5-2-1-3-6-14)20-16-8-4-7-15(11-16)19-25-9-10-26-19/h1-8,11,13,19H,9-10,12H2,(H,20,24). The summed E-state index contributed by atoms with van der Waals surface area (Å²) in [4.78, 5) is 12.5. The van der Waals surface area contributed by atoms with Gasteiger partial charge in [-0.15, -0.1) is 28.6 Å². The molecule has 1 aliphatic rings. The molecule has 1 saturated heterocycles. The Morgan fingerprint density at radius 1 is 1.12 bits per heavy atom. The molecule has 4 rings (SSSR count). The first-order valence-corrected chi connectivity index (χ1v) is 10.5. The van der Waals surface area contributed by atoms with E-state index in [-0.39, 0.29) is 5.91 Å². The Hall–Kier alpha value is -2.25. The Morgan fingerprint density at radius 2 is 1.92 bits per heavy atom. The van der Waals surface area contributed by atoms with Crippen molar-refractivity contribution in [2.75, 3.05) is 16.8 Å². The molecule has 7 heteroatoms. The lowest BCUT2D eigenvalue weighted by molar-refractivity contribution is 0.102. The van der Waals surface area contributed by atoms with Crippen LogP contribution in [0.25, 0.3) is 0 Å². The van der Waals surface area contributed by atoms with Gasteiger partial charge in [-0.1, -0.05) is 47.7 Å². The van der Waals surface area contributed by atoms with E-state index < -0.39 is 0 Å². The zero-order valence-corrected chi connectivity index (χ0v) is 15.7. The second-order valence-corrected chi connectivity index (χ2v) is 8.66. The number of rotatable bonds is 5. The first-order chi connectivity index (χ1) is 12.8. The van der Waals surface area contributed by atoms with E-state index in [2.05, 4.69) is 21.7 Å². The molecule has 1 aliphatic heterocycles. The van der Waals surface area contributed by atoms with E-state index in [1.165, 1.54) is 17.1 Å². The summed E-state index contributed by atoms with van der Waals surface area (Å²) < 4.78 is 2.13. The predicted molar refractivity (Wildman–Crippen MR) is 108 cm³/mol. The topological polar surface area (TPSA) is 59.8 Å². The summed E-state index contributed by atoms with van der Waals surface area (Å²) >= 11 is 3.90. The number of amides is 1. The van der Waals surface area contributed by atoms with Gasteiger partial charge in [0.2, 0.25) is 0 Å². The van der Waals surface area contributed by atoms with Gasteiger partial charge >= 0.3 is 0 Å². The smallest absolute Gasteiger partial charge is 0.277 e. The minimum Gasteiger partial charge on any atom is -0.321 e. The van der Waals surface area contributed by atoms with Crippen molar-refractivity contribution < 1.29 is 4.79 Å². The molecule has 3 aromatic rings. The van der Waals surface area contributed by atoms with Gasteiger partial charge < -0.3 is 5.32 Å². The van der Waals surface area contributed by atoms with Gasteiger partial charge in [0.1, 0.15) is 0 Å². The molecule has 0 spiro atoms. The largest absolute Gasteiger partial charge is 0.321 e. The first-order valence-electron chi connectivity index (χ1n) is 8.36. The van der Waals surface area contributed by atoms with Crippen LogP contribution in [0.1, 0.15) is 26.2 Å². The second-order valence-electron chi connectivity index (χ2n) is 5.94. The molecular weight excluding hydrogens is 364 g/mol. The van der Waals surface area contributed by atoms with Gasteiger partial charge in [-0.2, -0.15) is 0 Å². The highest BCUT2D eigenvalue weighted by Gasteiger charge is 2.19. The lowest BCUT2D eigenvalue weighted by Crippen LogP contribution is -2.12. The van der Waals surface area contributed by atoms with E-state index in [0.29, 0.717) is 16.8 Å². The molecule has 0 aliphatic carbocycles. The molecular formula is C19H18N4OS2. The molecule has 132 valence electrons. The Morgan fingerprint density at radius 3 is 2.73 bits per heavy atom. The molecule has 2 aromatic carbocycles. The van der Waals surface area contributed by atoms with Crippen molar-refractivity contribution in [2.24, 2.45) is 0 Å². The number of carbonyl (C=O) groups is 1. The number of nitrogens with one attached hydrogen (secondary N) is 1. The maximum Gasteiger partial charge on any atom is 0.277 e. The number of hydrogen-bond donors (Lipinski definition) is 1. The van der Waals surface area contributed by atoms with Crippen LogP contribution in [-0.2, 0) is 6.54 Å². The lowest BCUT2D eigenvalue weighted by atomic mass is 10.2. The molecule has 26 heavy (non-hydrogen) atoms. The maximum atomic E-state index is 12.5. The monoisotopic (exact) mass is 382 g/mol. The lowest BCUT2D eigenvalue weighted by Gasteiger charge is -2.10. The van der Waals surface area contributed by atoms with Crippen molar-refractivity contribution in [3.63, 3.8) is 0 Å². The number of benzene rings is 2. The number of thioether (sulfide) groups is 2. The van der Waals surface area contributed by atoms with Crippen molar-refractivity contribution in [2.45, 2.75) is 11.1 Å². The first kappa shape index (κ1) is 17.2. The van der Waals surface area contributed by atoms with E-state index in [4.69, 9.17) is 0 Å². The molecule has 0 radical (unpaired) electrons. The zero-order valence-electron chi connectivity index (χ0n) is 14.0. The molecule has 0 atom stereocenters. The summed E-state index contributed by atoms with van der Waals surface area (Å²) in [6.45, 7) is 0.590. The van der Waals surface area contributed by atoms with Crippen molar-refractivity contribution in [3.8, 4) is 0 Å². The summed E-state index contributed by atoms with van der Waals surface area (Å²) in [6, 6.07) is 18.0. The third kappa shape index (κ3) is 4.11. The Balaban J connectivity index is 1.43. The van der Waals surface area contributed by atoms with E-state index in [1.807, 2.05) is 72.1 Å². The van der Waals surface area contributed by atoms with Crippen LogP contribution in [0.15, 0.2) is 60.8 Å². The van der Waals surface area contributed by atoms with Crippen LogP contribution >= 0.6 is 23.5 Å². The van der Waals surface area contributed by atoms with Crippen LogP contribution in [0.4, 0.5) is 5.69 Å². The third-order valence-corrected chi connectivity index (χ3v) is 7.10. The number of nitrogens with zero attached hydrogens (tertiary/aromatic N) is 3.